The second-order valence-corrected chi connectivity index (χ2v) is 3.04. The summed E-state index contributed by atoms with van der Waals surface area (Å²) in [5.74, 6) is 0.208. The largest absolute Gasteiger partial charge is 0.325 e. The lowest BCUT2D eigenvalue weighted by atomic mass is 9.98. The SMILES string of the molecule is CC[C@H]1C(=O)Nc2ccccc21. The minimum absolute atomic E-state index is 0.0706. The molecule has 0 unspecified atom stereocenters. The van der Waals surface area contributed by atoms with Gasteiger partial charge in [-0.05, 0) is 18.1 Å². The average molecular weight is 161 g/mol. The van der Waals surface area contributed by atoms with E-state index in [0.717, 1.165) is 17.7 Å². The van der Waals surface area contributed by atoms with Gasteiger partial charge in [-0.15, -0.1) is 0 Å². The van der Waals surface area contributed by atoms with E-state index >= 15 is 0 Å². The summed E-state index contributed by atoms with van der Waals surface area (Å²) in [7, 11) is 0. The zero-order chi connectivity index (χ0) is 8.55. The minimum Gasteiger partial charge on any atom is -0.325 e. The van der Waals surface area contributed by atoms with Gasteiger partial charge in [0.25, 0.3) is 0 Å². The number of amides is 1. The fourth-order valence-corrected chi connectivity index (χ4v) is 1.68. The van der Waals surface area contributed by atoms with Gasteiger partial charge in [-0.1, -0.05) is 25.1 Å². The Hall–Kier alpha value is -1.31. The molecule has 0 aromatic heterocycles. The van der Waals surface area contributed by atoms with Gasteiger partial charge in [0.1, 0.15) is 0 Å². The van der Waals surface area contributed by atoms with Crippen molar-refractivity contribution in [3.8, 4) is 0 Å². The number of para-hydroxylation sites is 1. The van der Waals surface area contributed by atoms with E-state index in [1.54, 1.807) is 0 Å². The molecule has 1 N–H and O–H groups in total. The Morgan fingerprint density at radius 1 is 1.42 bits per heavy atom. The Labute approximate surface area is 71.6 Å². The molecule has 1 aliphatic rings. The van der Waals surface area contributed by atoms with E-state index in [1.165, 1.54) is 0 Å². The maximum absolute atomic E-state index is 11.4. The molecule has 0 saturated heterocycles. The molecule has 2 rings (SSSR count). The molecule has 1 amide bonds. The fraction of sp³-hybridized carbons (Fsp3) is 0.300. The Morgan fingerprint density at radius 3 is 2.92 bits per heavy atom. The molecule has 0 radical (unpaired) electrons. The smallest absolute Gasteiger partial charge is 0.231 e. The standard InChI is InChI=1S/C10H11NO/c1-2-7-8-5-3-4-6-9(8)11-10(7)12/h3-7H,2H2,1H3,(H,11,12)/t7-/m1/s1. The van der Waals surface area contributed by atoms with Crippen molar-refractivity contribution in [3.05, 3.63) is 29.8 Å². The van der Waals surface area contributed by atoms with Crippen LogP contribution in [-0.4, -0.2) is 5.91 Å². The van der Waals surface area contributed by atoms with Crippen molar-refractivity contribution in [2.24, 2.45) is 0 Å². The highest BCUT2D eigenvalue weighted by Crippen LogP contribution is 2.33. The van der Waals surface area contributed by atoms with Gasteiger partial charge in [-0.25, -0.2) is 0 Å². The molecule has 0 saturated carbocycles. The molecule has 0 fully saturated rings. The van der Waals surface area contributed by atoms with Gasteiger partial charge in [0.05, 0.1) is 5.92 Å². The molecule has 0 spiro atoms. The van der Waals surface area contributed by atoms with Crippen LogP contribution < -0.4 is 5.32 Å². The van der Waals surface area contributed by atoms with Crippen molar-refractivity contribution in [1.29, 1.82) is 0 Å². The summed E-state index contributed by atoms with van der Waals surface area (Å²) in [5, 5.41) is 2.86. The first-order chi connectivity index (χ1) is 5.83. The molecule has 2 heteroatoms. The molecular formula is C10H11NO. The summed E-state index contributed by atoms with van der Waals surface area (Å²) in [6.07, 6.45) is 0.878. The average Bonchev–Trinajstić information content (AvgIpc) is 2.40. The van der Waals surface area contributed by atoms with Crippen LogP contribution in [0.2, 0.25) is 0 Å². The van der Waals surface area contributed by atoms with Gasteiger partial charge in [0.2, 0.25) is 5.91 Å². The molecule has 1 aromatic rings. The number of rotatable bonds is 1. The van der Waals surface area contributed by atoms with E-state index < -0.39 is 0 Å². The van der Waals surface area contributed by atoms with Crippen molar-refractivity contribution in [2.75, 3.05) is 5.32 Å². The number of fused-ring (bicyclic) bond motifs is 1. The van der Waals surface area contributed by atoms with Gasteiger partial charge in [-0.2, -0.15) is 0 Å². The van der Waals surface area contributed by atoms with Gasteiger partial charge in [0.15, 0.2) is 0 Å². The third kappa shape index (κ3) is 0.916. The van der Waals surface area contributed by atoms with Gasteiger partial charge in [0, 0.05) is 5.69 Å². The maximum Gasteiger partial charge on any atom is 0.231 e. The van der Waals surface area contributed by atoms with Crippen LogP contribution in [0, 0.1) is 0 Å². The lowest BCUT2D eigenvalue weighted by Gasteiger charge is -2.02. The number of hydrogen-bond donors (Lipinski definition) is 1. The van der Waals surface area contributed by atoms with Crippen LogP contribution in [0.1, 0.15) is 24.8 Å². The number of hydrogen-bond acceptors (Lipinski definition) is 1. The highest BCUT2D eigenvalue weighted by molar-refractivity contribution is 6.02. The summed E-state index contributed by atoms with van der Waals surface area (Å²) in [5.41, 5.74) is 2.12. The topological polar surface area (TPSA) is 29.1 Å². The lowest BCUT2D eigenvalue weighted by Crippen LogP contribution is -2.10. The van der Waals surface area contributed by atoms with Gasteiger partial charge < -0.3 is 5.32 Å². The minimum atomic E-state index is 0.0706. The van der Waals surface area contributed by atoms with E-state index in [0.29, 0.717) is 0 Å². The van der Waals surface area contributed by atoms with Crippen LogP contribution >= 0.6 is 0 Å². The van der Waals surface area contributed by atoms with Crippen molar-refractivity contribution in [3.63, 3.8) is 0 Å². The van der Waals surface area contributed by atoms with Gasteiger partial charge in [-0.3, -0.25) is 4.79 Å². The van der Waals surface area contributed by atoms with E-state index in [4.69, 9.17) is 0 Å². The molecule has 0 bridgehead atoms. The zero-order valence-corrected chi connectivity index (χ0v) is 7.00. The van der Waals surface area contributed by atoms with E-state index in [9.17, 15) is 4.79 Å². The molecule has 12 heavy (non-hydrogen) atoms. The first kappa shape index (κ1) is 7.35. The summed E-state index contributed by atoms with van der Waals surface area (Å²) >= 11 is 0. The van der Waals surface area contributed by atoms with E-state index in [-0.39, 0.29) is 11.8 Å². The van der Waals surface area contributed by atoms with E-state index in [1.807, 2.05) is 31.2 Å². The van der Waals surface area contributed by atoms with Crippen molar-refractivity contribution >= 4 is 11.6 Å². The summed E-state index contributed by atoms with van der Waals surface area (Å²) in [6.45, 7) is 2.03. The number of carbonyl (C=O) groups is 1. The van der Waals surface area contributed by atoms with Crippen LogP contribution in [0.5, 0.6) is 0 Å². The molecule has 0 aliphatic carbocycles. The molecule has 62 valence electrons. The Kier molecular flexibility index (Phi) is 1.61. The monoisotopic (exact) mass is 161 g/mol. The highest BCUT2D eigenvalue weighted by atomic mass is 16.2. The molecule has 1 aromatic carbocycles. The highest BCUT2D eigenvalue weighted by Gasteiger charge is 2.27. The van der Waals surface area contributed by atoms with Crippen LogP contribution in [0.3, 0.4) is 0 Å². The van der Waals surface area contributed by atoms with Crippen LogP contribution in [0.4, 0.5) is 5.69 Å². The molecule has 1 heterocycles. The molecule has 1 atom stereocenters. The Bertz CT molecular complexity index is 319. The molecule has 2 nitrogen and oxygen atoms in total. The zero-order valence-electron chi connectivity index (χ0n) is 7.00. The predicted molar refractivity (Wildman–Crippen MR) is 48.1 cm³/mol. The quantitative estimate of drug-likeness (QED) is 0.671. The molecular weight excluding hydrogens is 150 g/mol. The second kappa shape index (κ2) is 2.63. The number of nitrogens with one attached hydrogen (secondary N) is 1. The fourth-order valence-electron chi connectivity index (χ4n) is 1.68. The Morgan fingerprint density at radius 2 is 2.17 bits per heavy atom. The Balaban J connectivity index is 2.47. The van der Waals surface area contributed by atoms with Crippen LogP contribution in [-0.2, 0) is 4.79 Å². The number of anilines is 1. The van der Waals surface area contributed by atoms with Crippen LogP contribution in [0.25, 0.3) is 0 Å². The van der Waals surface area contributed by atoms with Crippen LogP contribution in [0.15, 0.2) is 24.3 Å². The lowest BCUT2D eigenvalue weighted by molar-refractivity contribution is -0.117. The van der Waals surface area contributed by atoms with Crippen molar-refractivity contribution in [1.82, 2.24) is 0 Å². The number of benzene rings is 1. The van der Waals surface area contributed by atoms with E-state index in [2.05, 4.69) is 5.32 Å². The molecule has 1 aliphatic heterocycles. The first-order valence-corrected chi connectivity index (χ1v) is 4.22. The third-order valence-corrected chi connectivity index (χ3v) is 2.32. The maximum atomic E-state index is 11.4. The predicted octanol–water partition coefficient (Wildman–Crippen LogP) is 2.13. The summed E-state index contributed by atoms with van der Waals surface area (Å²) < 4.78 is 0. The van der Waals surface area contributed by atoms with Gasteiger partial charge >= 0.3 is 0 Å². The van der Waals surface area contributed by atoms with Crippen molar-refractivity contribution in [2.45, 2.75) is 19.3 Å². The third-order valence-electron chi connectivity index (χ3n) is 2.32. The second-order valence-electron chi connectivity index (χ2n) is 3.04. The summed E-state index contributed by atoms with van der Waals surface area (Å²) in [6, 6.07) is 7.88. The first-order valence-electron chi connectivity index (χ1n) is 4.22. The summed E-state index contributed by atoms with van der Waals surface area (Å²) in [4.78, 5) is 11.4. The van der Waals surface area contributed by atoms with Crippen molar-refractivity contribution < 1.29 is 4.79 Å². The number of carbonyl (C=O) groups excluding carboxylic acids is 1. The normalized spacial score (nSPS) is 20.4.